The van der Waals surface area contributed by atoms with Gasteiger partial charge in [-0.15, -0.1) is 0 Å². The third-order valence-electron chi connectivity index (χ3n) is 2.42. The number of benzene rings is 1. The number of hydrogen-bond acceptors (Lipinski definition) is 1. The molecule has 0 atom stereocenters. The summed E-state index contributed by atoms with van der Waals surface area (Å²) in [5.41, 5.74) is 0.712. The van der Waals surface area contributed by atoms with Crippen molar-refractivity contribution < 1.29 is 35.8 Å². The fraction of sp³-hybridized carbons (Fsp3) is 0.0769. The second-order valence-electron chi connectivity index (χ2n) is 3.66. The highest BCUT2D eigenvalue weighted by atomic mass is 79.9. The third-order valence-corrected chi connectivity index (χ3v) is 2.42. The van der Waals surface area contributed by atoms with E-state index in [1.165, 1.54) is 18.3 Å². The van der Waals surface area contributed by atoms with Gasteiger partial charge in [-0.2, -0.15) is 4.57 Å². The number of aromatic carboxylic acids is 1. The molecule has 0 saturated heterocycles. The minimum Gasteiger partial charge on any atom is -1.00 e. The van der Waals surface area contributed by atoms with E-state index >= 15 is 0 Å². The Balaban J connectivity index is 0.00000162. The van der Waals surface area contributed by atoms with Crippen LogP contribution in [0.4, 0.5) is 4.39 Å². The molecule has 18 heavy (non-hydrogen) atoms. The number of halogens is 2. The Morgan fingerprint density at radius 3 is 2.61 bits per heavy atom. The molecule has 0 aliphatic rings. The molecule has 1 heterocycles. The van der Waals surface area contributed by atoms with Gasteiger partial charge in [0, 0.05) is 6.07 Å². The zero-order valence-corrected chi connectivity index (χ0v) is 11.0. The monoisotopic (exact) mass is 311 g/mol. The quantitative estimate of drug-likeness (QED) is 0.728. The maximum absolute atomic E-state index is 13.4. The average Bonchev–Trinajstić information content (AvgIpc) is 2.32. The van der Waals surface area contributed by atoms with Crippen LogP contribution in [0.2, 0.25) is 0 Å². The summed E-state index contributed by atoms with van der Waals surface area (Å²) in [6.07, 6.45) is 3.19. The lowest BCUT2D eigenvalue weighted by molar-refractivity contribution is -0.688. The van der Waals surface area contributed by atoms with Gasteiger partial charge in [-0.25, -0.2) is 9.18 Å². The lowest BCUT2D eigenvalue weighted by Gasteiger charge is -2.00. The first-order valence-electron chi connectivity index (χ1n) is 5.12. The molecular weight excluding hydrogens is 301 g/mol. The molecule has 0 saturated carbocycles. The van der Waals surface area contributed by atoms with Gasteiger partial charge in [0.25, 0.3) is 0 Å². The van der Waals surface area contributed by atoms with Crippen LogP contribution in [0.1, 0.15) is 15.9 Å². The molecule has 1 aromatic carbocycles. The first kappa shape index (κ1) is 14.3. The molecule has 0 unspecified atom stereocenters. The van der Waals surface area contributed by atoms with Gasteiger partial charge in [-0.3, -0.25) is 0 Å². The van der Waals surface area contributed by atoms with Crippen LogP contribution in [-0.2, 0) is 6.54 Å². The number of carboxylic acid groups (broad SMARTS) is 1. The topological polar surface area (TPSA) is 41.2 Å². The lowest BCUT2D eigenvalue weighted by Crippen LogP contribution is -3.00. The van der Waals surface area contributed by atoms with Crippen LogP contribution in [0, 0.1) is 5.82 Å². The highest BCUT2D eigenvalue weighted by Crippen LogP contribution is 2.05. The molecule has 0 fully saturated rings. The summed E-state index contributed by atoms with van der Waals surface area (Å²) in [4.78, 5) is 10.8. The minimum absolute atomic E-state index is 0. The largest absolute Gasteiger partial charge is 1.00 e. The molecule has 94 valence electrons. The van der Waals surface area contributed by atoms with Crippen LogP contribution < -0.4 is 21.5 Å². The van der Waals surface area contributed by atoms with E-state index < -0.39 is 5.97 Å². The van der Waals surface area contributed by atoms with Crippen LogP contribution in [0.3, 0.4) is 0 Å². The van der Waals surface area contributed by atoms with Gasteiger partial charge in [-0.1, -0.05) is 12.1 Å². The van der Waals surface area contributed by atoms with E-state index in [0.29, 0.717) is 12.1 Å². The van der Waals surface area contributed by atoms with Crippen molar-refractivity contribution in [1.29, 1.82) is 0 Å². The van der Waals surface area contributed by atoms with Gasteiger partial charge in [0.05, 0.1) is 5.56 Å². The molecular formula is C13H11BrFNO2. The zero-order valence-electron chi connectivity index (χ0n) is 9.38. The Morgan fingerprint density at radius 2 is 1.94 bits per heavy atom. The van der Waals surface area contributed by atoms with E-state index in [4.69, 9.17) is 5.11 Å². The first-order valence-corrected chi connectivity index (χ1v) is 5.12. The van der Waals surface area contributed by atoms with E-state index in [2.05, 4.69) is 0 Å². The molecule has 0 spiro atoms. The molecule has 0 amide bonds. The SMILES string of the molecule is O=C(O)c1ccc[n+](Cc2ccccc2F)c1.[Br-]. The maximum Gasteiger partial charge on any atom is 0.341 e. The maximum atomic E-state index is 13.4. The standard InChI is InChI=1S/C13H10FNO2.BrH/c14-12-6-2-1-4-10(12)8-15-7-3-5-11(9-15)13(16)17;/h1-7,9H,8H2;1H. The van der Waals surface area contributed by atoms with E-state index in [0.717, 1.165) is 0 Å². The highest BCUT2D eigenvalue weighted by Gasteiger charge is 2.11. The first-order chi connectivity index (χ1) is 8.16. The Labute approximate surface area is 114 Å². The van der Waals surface area contributed by atoms with Crippen molar-refractivity contribution >= 4 is 5.97 Å². The van der Waals surface area contributed by atoms with Crippen molar-refractivity contribution in [3.05, 3.63) is 65.7 Å². The van der Waals surface area contributed by atoms with Crippen molar-refractivity contribution in [2.45, 2.75) is 6.54 Å². The average molecular weight is 312 g/mol. The van der Waals surface area contributed by atoms with E-state index in [-0.39, 0.29) is 28.4 Å². The minimum atomic E-state index is -0.993. The van der Waals surface area contributed by atoms with Crippen LogP contribution in [0.5, 0.6) is 0 Å². The van der Waals surface area contributed by atoms with Crippen molar-refractivity contribution in [1.82, 2.24) is 0 Å². The van der Waals surface area contributed by atoms with Crippen LogP contribution in [0.15, 0.2) is 48.8 Å². The number of aromatic nitrogens is 1. The number of nitrogens with zero attached hydrogens (tertiary/aromatic N) is 1. The second-order valence-corrected chi connectivity index (χ2v) is 3.66. The Bertz CT molecular complexity index is 560. The van der Waals surface area contributed by atoms with E-state index in [1.807, 2.05) is 0 Å². The summed E-state index contributed by atoms with van der Waals surface area (Å²) in [5.74, 6) is -1.28. The normalized spacial score (nSPS) is 9.61. The molecule has 2 aromatic rings. The van der Waals surface area contributed by atoms with Crippen LogP contribution in [0.25, 0.3) is 0 Å². The summed E-state index contributed by atoms with van der Waals surface area (Å²) in [6.45, 7) is 0.313. The molecule has 1 N–H and O–H groups in total. The van der Waals surface area contributed by atoms with Crippen LogP contribution in [-0.4, -0.2) is 11.1 Å². The lowest BCUT2D eigenvalue weighted by atomic mass is 10.2. The Hall–Kier alpha value is -1.75. The fourth-order valence-corrected chi connectivity index (χ4v) is 1.57. The Morgan fingerprint density at radius 1 is 1.22 bits per heavy atom. The molecule has 5 heteroatoms. The van der Waals surface area contributed by atoms with Crippen molar-refractivity contribution in [3.8, 4) is 0 Å². The van der Waals surface area contributed by atoms with Gasteiger partial charge >= 0.3 is 5.97 Å². The van der Waals surface area contributed by atoms with Gasteiger partial charge in [-0.05, 0) is 18.2 Å². The van der Waals surface area contributed by atoms with Gasteiger partial charge in [0.15, 0.2) is 18.9 Å². The number of carbonyl (C=O) groups is 1. The number of pyridine rings is 1. The molecule has 0 aliphatic heterocycles. The van der Waals surface area contributed by atoms with Crippen molar-refractivity contribution in [2.24, 2.45) is 0 Å². The molecule has 1 aromatic heterocycles. The summed E-state index contributed by atoms with van der Waals surface area (Å²) in [7, 11) is 0. The smallest absolute Gasteiger partial charge is 0.341 e. The third kappa shape index (κ3) is 3.37. The van der Waals surface area contributed by atoms with Gasteiger partial charge < -0.3 is 22.1 Å². The zero-order chi connectivity index (χ0) is 12.3. The summed E-state index contributed by atoms with van der Waals surface area (Å²) >= 11 is 0. The number of rotatable bonds is 3. The van der Waals surface area contributed by atoms with Crippen molar-refractivity contribution in [2.75, 3.05) is 0 Å². The summed E-state index contributed by atoms with van der Waals surface area (Å²) < 4.78 is 15.0. The van der Waals surface area contributed by atoms with E-state index in [1.54, 1.807) is 35.0 Å². The molecule has 2 rings (SSSR count). The molecule has 0 aliphatic carbocycles. The predicted molar refractivity (Wildman–Crippen MR) is 59.1 cm³/mol. The van der Waals surface area contributed by atoms with Crippen molar-refractivity contribution in [3.63, 3.8) is 0 Å². The fourth-order valence-electron chi connectivity index (χ4n) is 1.57. The highest BCUT2D eigenvalue weighted by molar-refractivity contribution is 5.86. The Kier molecular flexibility index (Phi) is 4.97. The summed E-state index contributed by atoms with van der Waals surface area (Å²) in [6, 6.07) is 9.56. The molecule has 3 nitrogen and oxygen atoms in total. The van der Waals surface area contributed by atoms with Gasteiger partial charge in [0.1, 0.15) is 11.4 Å². The van der Waals surface area contributed by atoms with Gasteiger partial charge in [0.2, 0.25) is 0 Å². The molecule has 0 radical (unpaired) electrons. The van der Waals surface area contributed by atoms with E-state index in [9.17, 15) is 9.18 Å². The molecule has 0 bridgehead atoms. The number of carboxylic acids is 1. The second kappa shape index (κ2) is 6.26. The van der Waals surface area contributed by atoms with Crippen LogP contribution >= 0.6 is 0 Å². The number of hydrogen-bond donors (Lipinski definition) is 1. The predicted octanol–water partition coefficient (Wildman–Crippen LogP) is -1.14. The summed E-state index contributed by atoms with van der Waals surface area (Å²) in [5, 5.41) is 8.84.